The number of morpholine rings is 1. The summed E-state index contributed by atoms with van der Waals surface area (Å²) in [5.41, 5.74) is 0.530. The van der Waals surface area contributed by atoms with Gasteiger partial charge in [-0.15, -0.1) is 10.2 Å². The van der Waals surface area contributed by atoms with Crippen LogP contribution in [0, 0.1) is 0 Å². The van der Waals surface area contributed by atoms with Crippen LogP contribution < -0.4 is 10.2 Å². The predicted molar refractivity (Wildman–Crippen MR) is 105 cm³/mol. The minimum Gasteiger partial charge on any atom is -0.378 e. The van der Waals surface area contributed by atoms with Gasteiger partial charge in [0.05, 0.1) is 13.2 Å². The summed E-state index contributed by atoms with van der Waals surface area (Å²) >= 11 is 1.46. The summed E-state index contributed by atoms with van der Waals surface area (Å²) in [7, 11) is 0. The first-order valence-corrected chi connectivity index (χ1v) is 10.4. The van der Waals surface area contributed by atoms with Gasteiger partial charge in [0.25, 0.3) is 5.91 Å². The first kappa shape index (κ1) is 18.9. The van der Waals surface area contributed by atoms with Crippen molar-refractivity contribution >= 4 is 28.3 Å². The molecule has 0 atom stereocenters. The molecule has 2 aliphatic heterocycles. The molecular weight excluding hydrogens is 380 g/mol. The summed E-state index contributed by atoms with van der Waals surface area (Å²) < 4.78 is 7.14. The smallest absolute Gasteiger partial charge is 0.268 e. The van der Waals surface area contributed by atoms with Gasteiger partial charge in [-0.2, -0.15) is 0 Å². The van der Waals surface area contributed by atoms with Gasteiger partial charge in [-0.3, -0.25) is 14.2 Å². The number of hydrogen-bond acceptors (Lipinski definition) is 7. The second-order valence-corrected chi connectivity index (χ2v) is 7.76. The van der Waals surface area contributed by atoms with Gasteiger partial charge in [-0.25, -0.2) is 0 Å². The maximum Gasteiger partial charge on any atom is 0.268 e. The number of carbonyl (C=O) groups is 2. The Morgan fingerprint density at radius 1 is 1.21 bits per heavy atom. The topological polar surface area (TPSA) is 92.6 Å². The predicted octanol–water partition coefficient (Wildman–Crippen LogP) is 0.908. The number of aromatic nitrogens is 3. The van der Waals surface area contributed by atoms with Gasteiger partial charge >= 0.3 is 0 Å². The number of carbonyl (C=O) groups excluding carboxylic acids is 2. The molecule has 0 aromatic carbocycles. The van der Waals surface area contributed by atoms with Gasteiger partial charge in [0.15, 0.2) is 0 Å². The van der Waals surface area contributed by atoms with E-state index in [9.17, 15) is 9.59 Å². The molecule has 0 aliphatic carbocycles. The van der Waals surface area contributed by atoms with Gasteiger partial charge in [0.1, 0.15) is 5.69 Å². The first-order chi connectivity index (χ1) is 13.7. The monoisotopic (exact) mass is 404 g/mol. The van der Waals surface area contributed by atoms with E-state index in [1.165, 1.54) is 11.3 Å². The molecule has 2 amide bonds. The van der Waals surface area contributed by atoms with Crippen LogP contribution in [0.5, 0.6) is 0 Å². The Morgan fingerprint density at radius 2 is 2.04 bits per heavy atom. The summed E-state index contributed by atoms with van der Waals surface area (Å²) in [5, 5.41) is 13.0. The molecule has 10 heteroatoms. The van der Waals surface area contributed by atoms with Gasteiger partial charge in [-0.05, 0) is 25.0 Å². The van der Waals surface area contributed by atoms with E-state index in [0.717, 1.165) is 37.6 Å². The lowest BCUT2D eigenvalue weighted by Gasteiger charge is -2.25. The molecule has 4 heterocycles. The van der Waals surface area contributed by atoms with Crippen molar-refractivity contribution in [3.63, 3.8) is 0 Å². The highest BCUT2D eigenvalue weighted by Gasteiger charge is 2.20. The molecule has 2 aromatic rings. The van der Waals surface area contributed by atoms with Crippen LogP contribution in [0.4, 0.5) is 5.13 Å². The Balaban J connectivity index is 1.33. The fraction of sp³-hybridized carbons (Fsp3) is 0.556. The SMILES string of the molecule is O=C(NCCCN1CCCC1=O)c1cccn1-c1nnc(N2CCOCC2)s1. The maximum atomic E-state index is 12.6. The van der Waals surface area contributed by atoms with E-state index >= 15 is 0 Å². The molecule has 150 valence electrons. The molecule has 2 aromatic heterocycles. The largest absolute Gasteiger partial charge is 0.378 e. The van der Waals surface area contributed by atoms with Crippen LogP contribution in [0.15, 0.2) is 18.3 Å². The van der Waals surface area contributed by atoms with Crippen molar-refractivity contribution in [1.82, 2.24) is 25.0 Å². The molecule has 0 radical (unpaired) electrons. The fourth-order valence-corrected chi connectivity index (χ4v) is 4.32. The van der Waals surface area contributed by atoms with Crippen molar-refractivity contribution in [2.75, 3.05) is 50.8 Å². The lowest BCUT2D eigenvalue weighted by Crippen LogP contribution is -2.36. The van der Waals surface area contributed by atoms with E-state index in [-0.39, 0.29) is 11.8 Å². The first-order valence-electron chi connectivity index (χ1n) is 9.62. The molecule has 9 nitrogen and oxygen atoms in total. The van der Waals surface area contributed by atoms with E-state index in [0.29, 0.717) is 43.5 Å². The van der Waals surface area contributed by atoms with Crippen molar-refractivity contribution < 1.29 is 14.3 Å². The standard InChI is InChI=1S/C18H24N6O3S/c25-15-5-2-7-22(15)8-3-6-19-16(26)14-4-1-9-24(14)18-21-20-17(28-18)23-10-12-27-13-11-23/h1,4,9H,2-3,5-8,10-13H2,(H,19,26). The lowest BCUT2D eigenvalue weighted by molar-refractivity contribution is -0.127. The summed E-state index contributed by atoms with van der Waals surface area (Å²) in [6.07, 6.45) is 4.15. The summed E-state index contributed by atoms with van der Waals surface area (Å²) in [6, 6.07) is 3.60. The number of nitrogens with zero attached hydrogens (tertiary/aromatic N) is 5. The maximum absolute atomic E-state index is 12.6. The third kappa shape index (κ3) is 4.17. The number of anilines is 1. The zero-order valence-corrected chi connectivity index (χ0v) is 16.5. The molecule has 1 N–H and O–H groups in total. The highest BCUT2D eigenvalue weighted by atomic mass is 32.1. The van der Waals surface area contributed by atoms with Crippen molar-refractivity contribution in [2.24, 2.45) is 0 Å². The van der Waals surface area contributed by atoms with E-state index in [1.54, 1.807) is 10.6 Å². The molecule has 0 bridgehead atoms. The lowest BCUT2D eigenvalue weighted by atomic mass is 10.3. The molecular formula is C18H24N6O3S. The van der Waals surface area contributed by atoms with Crippen molar-refractivity contribution in [3.8, 4) is 5.13 Å². The third-order valence-corrected chi connectivity index (χ3v) is 5.92. The molecule has 2 aliphatic rings. The molecule has 4 rings (SSSR count). The second-order valence-electron chi connectivity index (χ2n) is 6.82. The van der Waals surface area contributed by atoms with Crippen LogP contribution in [0.3, 0.4) is 0 Å². The van der Waals surface area contributed by atoms with E-state index < -0.39 is 0 Å². The van der Waals surface area contributed by atoms with Crippen LogP contribution >= 0.6 is 11.3 Å². The van der Waals surface area contributed by atoms with Crippen molar-refractivity contribution in [1.29, 1.82) is 0 Å². The number of hydrogen-bond donors (Lipinski definition) is 1. The second kappa shape index (κ2) is 8.70. The van der Waals surface area contributed by atoms with Crippen LogP contribution in [-0.4, -0.2) is 77.4 Å². The average molecular weight is 404 g/mol. The number of nitrogens with one attached hydrogen (secondary N) is 1. The number of ether oxygens (including phenoxy) is 1. The normalized spacial score (nSPS) is 17.4. The summed E-state index contributed by atoms with van der Waals surface area (Å²) in [6.45, 7) is 5.03. The number of rotatable bonds is 7. The Labute approximate surface area is 167 Å². The number of likely N-dealkylation sites (tertiary alicyclic amines) is 1. The van der Waals surface area contributed by atoms with Crippen LogP contribution in [0.1, 0.15) is 29.8 Å². The molecule has 2 saturated heterocycles. The Morgan fingerprint density at radius 3 is 2.82 bits per heavy atom. The van der Waals surface area contributed by atoms with Crippen molar-refractivity contribution in [2.45, 2.75) is 19.3 Å². The van der Waals surface area contributed by atoms with E-state index in [2.05, 4.69) is 20.4 Å². The zero-order chi connectivity index (χ0) is 19.3. The third-order valence-electron chi connectivity index (χ3n) is 4.93. The average Bonchev–Trinajstić information content (AvgIpc) is 3.46. The van der Waals surface area contributed by atoms with Crippen LogP contribution in [0.2, 0.25) is 0 Å². The number of amides is 2. The molecule has 28 heavy (non-hydrogen) atoms. The van der Waals surface area contributed by atoms with E-state index in [4.69, 9.17) is 4.74 Å². The summed E-state index contributed by atoms with van der Waals surface area (Å²) in [5.74, 6) is 0.0633. The van der Waals surface area contributed by atoms with Gasteiger partial charge < -0.3 is 19.9 Å². The quantitative estimate of drug-likeness (QED) is 0.690. The van der Waals surface area contributed by atoms with Crippen molar-refractivity contribution in [3.05, 3.63) is 24.0 Å². The highest BCUT2D eigenvalue weighted by Crippen LogP contribution is 2.25. The Kier molecular flexibility index (Phi) is 5.87. The van der Waals surface area contributed by atoms with Gasteiger partial charge in [0, 0.05) is 45.3 Å². The minimum absolute atomic E-state index is 0.152. The zero-order valence-electron chi connectivity index (χ0n) is 15.7. The van der Waals surface area contributed by atoms with Gasteiger partial charge in [-0.1, -0.05) is 11.3 Å². The van der Waals surface area contributed by atoms with Crippen LogP contribution in [0.25, 0.3) is 5.13 Å². The van der Waals surface area contributed by atoms with Gasteiger partial charge in [0.2, 0.25) is 16.2 Å². The minimum atomic E-state index is -0.152. The molecule has 0 unspecified atom stereocenters. The Bertz CT molecular complexity index is 829. The molecule has 0 spiro atoms. The highest BCUT2D eigenvalue weighted by molar-refractivity contribution is 7.17. The molecule has 0 saturated carbocycles. The summed E-state index contributed by atoms with van der Waals surface area (Å²) in [4.78, 5) is 28.2. The molecule has 2 fully saturated rings. The fourth-order valence-electron chi connectivity index (χ4n) is 3.42. The Hall–Kier alpha value is -2.46. The van der Waals surface area contributed by atoms with E-state index in [1.807, 2.05) is 17.2 Å². The van der Waals surface area contributed by atoms with Crippen LogP contribution in [-0.2, 0) is 9.53 Å².